The van der Waals surface area contributed by atoms with E-state index in [-0.39, 0.29) is 19.1 Å². The van der Waals surface area contributed by atoms with Crippen molar-refractivity contribution < 1.29 is 32.9 Å². The summed E-state index contributed by atoms with van der Waals surface area (Å²) in [6.45, 7) is 4.81. The largest absolute Gasteiger partial charge is 0.472 e. The molecule has 3 atom stereocenters. The van der Waals surface area contributed by atoms with E-state index in [9.17, 15) is 19.4 Å². The van der Waals surface area contributed by atoms with Crippen molar-refractivity contribution in [1.29, 1.82) is 0 Å². The summed E-state index contributed by atoms with van der Waals surface area (Å²) in [5.41, 5.74) is 0. The minimum atomic E-state index is -4.35. The molecule has 0 heterocycles. The van der Waals surface area contributed by atoms with Crippen LogP contribution in [0.25, 0.3) is 0 Å². The van der Waals surface area contributed by atoms with E-state index < -0.39 is 20.0 Å². The molecule has 0 aliphatic heterocycles. The topological polar surface area (TPSA) is 105 Å². The minimum Gasteiger partial charge on any atom is -0.387 e. The Morgan fingerprint density at radius 3 is 1.29 bits per heavy atom. The van der Waals surface area contributed by atoms with Crippen molar-refractivity contribution in [3.63, 3.8) is 0 Å². The second kappa shape index (κ2) is 44.9. The standard InChI is InChI=1S/C53H103N2O6P/c1-6-8-10-12-14-16-18-20-22-24-25-26-27-28-29-30-31-33-35-37-39-41-43-45-47-53(57)54-51(50-61-62(58,59)60-49-48-55(3,4)5)52(56)46-44-42-40-38-36-34-32-23-21-19-17-15-13-11-9-7-2/h28-29,36,38,44,46,51-52,56H,6-27,30-35,37,39-43,45,47-50H2,1-5H3,(H-,54,57,58,59)/p+1/b29-28-,38-36+,46-44+. The Hall–Kier alpha value is -1.28. The lowest BCUT2D eigenvalue weighted by molar-refractivity contribution is -0.870. The molecule has 0 radical (unpaired) electrons. The quantitative estimate of drug-likeness (QED) is 0.0243. The Bertz CT molecular complexity index is 1110. The lowest BCUT2D eigenvalue weighted by Crippen LogP contribution is -2.45. The molecule has 0 aliphatic carbocycles. The number of allylic oxidation sites excluding steroid dienone is 5. The third-order valence-corrected chi connectivity index (χ3v) is 12.8. The van der Waals surface area contributed by atoms with Gasteiger partial charge in [0.15, 0.2) is 0 Å². The number of likely N-dealkylation sites (N-methyl/N-ethyl adjacent to an activating group) is 1. The number of phosphoric ester groups is 1. The normalized spacial score (nSPS) is 14.4. The number of nitrogens with one attached hydrogen (secondary N) is 1. The van der Waals surface area contributed by atoms with Crippen molar-refractivity contribution in [2.24, 2.45) is 0 Å². The first-order chi connectivity index (χ1) is 30.0. The van der Waals surface area contributed by atoms with E-state index in [1.807, 2.05) is 27.2 Å². The number of rotatable bonds is 48. The summed E-state index contributed by atoms with van der Waals surface area (Å²) in [4.78, 5) is 23.2. The fraction of sp³-hybridized carbons (Fsp3) is 0.868. The van der Waals surface area contributed by atoms with Crippen LogP contribution in [0.5, 0.6) is 0 Å². The fourth-order valence-electron chi connectivity index (χ4n) is 7.64. The Labute approximate surface area is 385 Å². The van der Waals surface area contributed by atoms with Crippen molar-refractivity contribution in [1.82, 2.24) is 5.32 Å². The molecule has 0 aliphatic rings. The number of amides is 1. The Morgan fingerprint density at radius 1 is 0.532 bits per heavy atom. The molecule has 3 unspecified atom stereocenters. The van der Waals surface area contributed by atoms with E-state index >= 15 is 0 Å². The molecule has 0 aromatic heterocycles. The number of unbranched alkanes of at least 4 members (excludes halogenated alkanes) is 31. The van der Waals surface area contributed by atoms with Gasteiger partial charge in [-0.15, -0.1) is 0 Å². The molecule has 62 heavy (non-hydrogen) atoms. The van der Waals surface area contributed by atoms with E-state index in [0.717, 1.165) is 38.5 Å². The molecule has 0 aromatic rings. The van der Waals surface area contributed by atoms with Gasteiger partial charge in [-0.25, -0.2) is 4.57 Å². The van der Waals surface area contributed by atoms with Crippen LogP contribution in [0, 0.1) is 0 Å². The van der Waals surface area contributed by atoms with Crippen molar-refractivity contribution in [3.05, 3.63) is 36.5 Å². The SMILES string of the molecule is CCCCCCCCCCCC/C=C/CC/C=C/C(O)C(COP(=O)(O)OCC[N+](C)(C)C)NC(=O)CCCCCCCCCC/C=C\CCCCCCCCCCCCCC. The second-order valence-corrected chi connectivity index (χ2v) is 20.7. The summed E-state index contributed by atoms with van der Waals surface area (Å²) in [6.07, 6.45) is 56.6. The maximum absolute atomic E-state index is 12.9. The van der Waals surface area contributed by atoms with Crippen molar-refractivity contribution in [2.45, 2.75) is 257 Å². The van der Waals surface area contributed by atoms with Gasteiger partial charge in [0.05, 0.1) is 39.9 Å². The third kappa shape index (κ3) is 46.7. The third-order valence-electron chi connectivity index (χ3n) is 11.8. The summed E-state index contributed by atoms with van der Waals surface area (Å²) in [7, 11) is 1.56. The first-order valence-electron chi connectivity index (χ1n) is 26.4. The van der Waals surface area contributed by atoms with Gasteiger partial charge in [0, 0.05) is 6.42 Å². The smallest absolute Gasteiger partial charge is 0.387 e. The molecule has 8 nitrogen and oxygen atoms in total. The predicted octanol–water partition coefficient (Wildman–Crippen LogP) is 15.4. The molecule has 366 valence electrons. The zero-order chi connectivity index (χ0) is 45.7. The molecular formula is C53H104N2O6P+. The van der Waals surface area contributed by atoms with Crippen LogP contribution in [-0.4, -0.2) is 73.4 Å². The summed E-state index contributed by atoms with van der Waals surface area (Å²) in [5.74, 6) is -0.188. The Balaban J connectivity index is 4.28. The number of aliphatic hydroxyl groups excluding tert-OH is 1. The van der Waals surface area contributed by atoms with Crippen LogP contribution in [0.2, 0.25) is 0 Å². The molecule has 0 saturated carbocycles. The molecule has 0 fully saturated rings. The molecule has 0 spiro atoms. The van der Waals surface area contributed by atoms with Gasteiger partial charge in [0.25, 0.3) is 0 Å². The van der Waals surface area contributed by atoms with Gasteiger partial charge in [-0.05, 0) is 57.8 Å². The number of quaternary nitrogens is 1. The van der Waals surface area contributed by atoms with Gasteiger partial charge in [-0.1, -0.05) is 217 Å². The van der Waals surface area contributed by atoms with E-state index in [4.69, 9.17) is 9.05 Å². The van der Waals surface area contributed by atoms with Crippen molar-refractivity contribution in [2.75, 3.05) is 40.9 Å². The van der Waals surface area contributed by atoms with Crippen LogP contribution < -0.4 is 5.32 Å². The number of carbonyl (C=O) groups excluding carboxylic acids is 1. The zero-order valence-electron chi connectivity index (χ0n) is 41.6. The van der Waals surface area contributed by atoms with Crippen LogP contribution in [0.15, 0.2) is 36.5 Å². The van der Waals surface area contributed by atoms with E-state index in [1.165, 1.54) is 186 Å². The highest BCUT2D eigenvalue weighted by molar-refractivity contribution is 7.47. The van der Waals surface area contributed by atoms with Crippen LogP contribution in [-0.2, 0) is 18.4 Å². The molecule has 1 amide bonds. The van der Waals surface area contributed by atoms with E-state index in [2.05, 4.69) is 43.5 Å². The number of carbonyl (C=O) groups is 1. The molecule has 0 saturated heterocycles. The van der Waals surface area contributed by atoms with Gasteiger partial charge in [-0.2, -0.15) is 0 Å². The Kier molecular flexibility index (Phi) is 44.0. The molecule has 0 rings (SSSR count). The summed E-state index contributed by atoms with van der Waals surface area (Å²) in [5, 5.41) is 13.9. The average Bonchev–Trinajstić information content (AvgIpc) is 3.23. The van der Waals surface area contributed by atoms with Crippen molar-refractivity contribution >= 4 is 13.7 Å². The van der Waals surface area contributed by atoms with Crippen LogP contribution in [0.4, 0.5) is 0 Å². The number of aliphatic hydroxyl groups is 1. The van der Waals surface area contributed by atoms with Crippen molar-refractivity contribution in [3.8, 4) is 0 Å². The lowest BCUT2D eigenvalue weighted by Gasteiger charge is -2.25. The van der Waals surface area contributed by atoms with Gasteiger partial charge in [0.1, 0.15) is 13.2 Å². The van der Waals surface area contributed by atoms with Crippen LogP contribution >= 0.6 is 7.82 Å². The highest BCUT2D eigenvalue weighted by atomic mass is 31.2. The highest BCUT2D eigenvalue weighted by Gasteiger charge is 2.27. The molecule has 3 N–H and O–H groups in total. The minimum absolute atomic E-state index is 0.0559. The lowest BCUT2D eigenvalue weighted by atomic mass is 10.0. The number of hydrogen-bond donors (Lipinski definition) is 3. The Morgan fingerprint density at radius 2 is 0.887 bits per heavy atom. The fourth-order valence-corrected chi connectivity index (χ4v) is 8.38. The van der Waals surface area contributed by atoms with Crippen LogP contribution in [0.1, 0.15) is 245 Å². The zero-order valence-corrected chi connectivity index (χ0v) is 42.5. The van der Waals surface area contributed by atoms with Gasteiger partial charge >= 0.3 is 7.82 Å². The maximum Gasteiger partial charge on any atom is 0.472 e. The number of phosphoric acid groups is 1. The summed E-state index contributed by atoms with van der Waals surface area (Å²) >= 11 is 0. The maximum atomic E-state index is 12.9. The van der Waals surface area contributed by atoms with Gasteiger partial charge in [-0.3, -0.25) is 13.8 Å². The number of hydrogen-bond acceptors (Lipinski definition) is 5. The molecule has 9 heteroatoms. The molecular weight excluding hydrogens is 792 g/mol. The first-order valence-corrected chi connectivity index (χ1v) is 27.9. The molecule has 0 bridgehead atoms. The summed E-state index contributed by atoms with van der Waals surface area (Å²) < 4.78 is 23.6. The first kappa shape index (κ1) is 60.7. The van der Waals surface area contributed by atoms with Crippen LogP contribution in [0.3, 0.4) is 0 Å². The van der Waals surface area contributed by atoms with E-state index in [0.29, 0.717) is 17.4 Å². The highest BCUT2D eigenvalue weighted by Crippen LogP contribution is 2.43. The van der Waals surface area contributed by atoms with Gasteiger partial charge in [0.2, 0.25) is 5.91 Å². The number of nitrogens with zero attached hydrogens (tertiary/aromatic N) is 1. The monoisotopic (exact) mass is 896 g/mol. The second-order valence-electron chi connectivity index (χ2n) is 19.2. The van der Waals surface area contributed by atoms with Gasteiger partial charge < -0.3 is 19.8 Å². The average molecular weight is 896 g/mol. The van der Waals surface area contributed by atoms with E-state index in [1.54, 1.807) is 6.08 Å². The predicted molar refractivity (Wildman–Crippen MR) is 268 cm³/mol. The molecule has 0 aromatic carbocycles. The summed E-state index contributed by atoms with van der Waals surface area (Å²) in [6, 6.07) is -0.864.